The van der Waals surface area contributed by atoms with Crippen LogP contribution in [0.15, 0.2) is 194 Å². The van der Waals surface area contributed by atoms with E-state index in [1.807, 2.05) is 24.5 Å². The number of aromatic nitrogens is 2. The quantitative estimate of drug-likeness (QED) is 0.169. The molecule has 48 heavy (non-hydrogen) atoms. The Hall–Kier alpha value is -6.52. The van der Waals surface area contributed by atoms with E-state index in [4.69, 9.17) is 0 Å². The summed E-state index contributed by atoms with van der Waals surface area (Å²) >= 11 is 0. The first kappa shape index (κ1) is 28.9. The lowest BCUT2D eigenvalue weighted by molar-refractivity contribution is 1.28. The number of hydrogen-bond acceptors (Lipinski definition) is 2. The Balaban J connectivity index is 1.08. The predicted molar refractivity (Wildman–Crippen MR) is 201 cm³/mol. The van der Waals surface area contributed by atoms with Crippen molar-refractivity contribution in [3.63, 3.8) is 0 Å². The monoisotopic (exact) mass is 618 g/mol. The Labute approximate surface area is 281 Å². The van der Waals surface area contributed by atoms with Gasteiger partial charge in [0.1, 0.15) is 0 Å². The molecule has 6 aromatic carbocycles. The van der Waals surface area contributed by atoms with Gasteiger partial charge in [0.05, 0.1) is 0 Å². The van der Waals surface area contributed by atoms with E-state index in [0.717, 1.165) is 56.6 Å². The number of H-pyrrole nitrogens is 2. The zero-order valence-corrected chi connectivity index (χ0v) is 26.4. The van der Waals surface area contributed by atoms with Crippen LogP contribution in [0.3, 0.4) is 0 Å². The highest BCUT2D eigenvalue weighted by Crippen LogP contribution is 2.38. The van der Waals surface area contributed by atoms with Crippen LogP contribution < -0.4 is 9.80 Å². The minimum Gasteiger partial charge on any atom is -0.361 e. The third-order valence-electron chi connectivity index (χ3n) is 8.68. The van der Waals surface area contributed by atoms with Gasteiger partial charge < -0.3 is 19.8 Å². The number of nitrogens with one attached hydrogen (secondary N) is 2. The molecule has 0 saturated heterocycles. The van der Waals surface area contributed by atoms with Gasteiger partial charge in [0, 0.05) is 57.9 Å². The maximum atomic E-state index is 3.30. The summed E-state index contributed by atoms with van der Waals surface area (Å²) in [5.74, 6) is 0. The molecule has 0 bridgehead atoms. The molecule has 8 rings (SSSR count). The Morgan fingerprint density at radius 3 is 0.833 bits per heavy atom. The molecule has 2 heterocycles. The smallest absolute Gasteiger partial charge is 0.0462 e. The maximum absolute atomic E-state index is 3.30. The van der Waals surface area contributed by atoms with E-state index in [1.54, 1.807) is 0 Å². The van der Waals surface area contributed by atoms with Crippen LogP contribution in [0.5, 0.6) is 0 Å². The van der Waals surface area contributed by atoms with E-state index < -0.39 is 0 Å². The van der Waals surface area contributed by atoms with Gasteiger partial charge in [-0.3, -0.25) is 0 Å². The molecule has 2 N–H and O–H groups in total. The standard InChI is InChI=1S/C44H34N4/c1-3-9-37(10-4-1)47(41-27-19-35(20-28-41)43-13-7-31-45-43)39-23-15-33(16-24-39)34-17-25-40(26-18-34)48(38-11-5-2-6-12-38)42-29-21-36(22-30-42)44-14-8-32-46-44/h1-32,45-46H. The summed E-state index contributed by atoms with van der Waals surface area (Å²) < 4.78 is 0. The number of nitrogens with zero attached hydrogens (tertiary/aromatic N) is 2. The van der Waals surface area contributed by atoms with Crippen LogP contribution in [-0.4, -0.2) is 9.97 Å². The van der Waals surface area contributed by atoms with Crippen LogP contribution in [0.1, 0.15) is 0 Å². The van der Waals surface area contributed by atoms with Crippen molar-refractivity contribution in [1.82, 2.24) is 9.97 Å². The lowest BCUT2D eigenvalue weighted by atomic mass is 10.0. The van der Waals surface area contributed by atoms with Crippen molar-refractivity contribution < 1.29 is 0 Å². The van der Waals surface area contributed by atoms with Gasteiger partial charge in [0.25, 0.3) is 0 Å². The van der Waals surface area contributed by atoms with Crippen molar-refractivity contribution in [2.75, 3.05) is 9.80 Å². The molecule has 230 valence electrons. The highest BCUT2D eigenvalue weighted by Gasteiger charge is 2.15. The first-order valence-electron chi connectivity index (χ1n) is 16.2. The van der Waals surface area contributed by atoms with Crippen molar-refractivity contribution in [1.29, 1.82) is 0 Å². The number of benzene rings is 6. The summed E-state index contributed by atoms with van der Waals surface area (Å²) in [7, 11) is 0. The first-order chi connectivity index (χ1) is 23.8. The second kappa shape index (κ2) is 13.1. The minimum atomic E-state index is 1.10. The Morgan fingerprint density at radius 2 is 0.542 bits per heavy atom. The van der Waals surface area contributed by atoms with Crippen molar-refractivity contribution >= 4 is 34.1 Å². The van der Waals surface area contributed by atoms with Crippen molar-refractivity contribution in [2.24, 2.45) is 0 Å². The molecule has 8 aromatic rings. The van der Waals surface area contributed by atoms with Crippen LogP contribution in [0, 0.1) is 0 Å². The van der Waals surface area contributed by atoms with E-state index in [2.05, 4.69) is 190 Å². The van der Waals surface area contributed by atoms with Crippen molar-refractivity contribution in [3.05, 3.63) is 194 Å². The second-order valence-corrected chi connectivity index (χ2v) is 11.7. The number of hydrogen-bond donors (Lipinski definition) is 2. The molecule has 0 radical (unpaired) electrons. The van der Waals surface area contributed by atoms with Gasteiger partial charge in [-0.05, 0) is 119 Å². The number of anilines is 6. The van der Waals surface area contributed by atoms with Gasteiger partial charge in [0.2, 0.25) is 0 Å². The predicted octanol–water partition coefficient (Wildman–Crippen LogP) is 12.3. The summed E-state index contributed by atoms with van der Waals surface area (Å²) in [4.78, 5) is 11.2. The Kier molecular flexibility index (Phi) is 7.87. The molecule has 0 atom stereocenters. The zero-order valence-electron chi connectivity index (χ0n) is 26.4. The summed E-state index contributed by atoms with van der Waals surface area (Å²) in [6.07, 6.45) is 3.91. The van der Waals surface area contributed by atoms with E-state index in [-0.39, 0.29) is 0 Å². The van der Waals surface area contributed by atoms with Crippen LogP contribution in [0.25, 0.3) is 33.6 Å². The lowest BCUT2D eigenvalue weighted by Crippen LogP contribution is -2.10. The molecule has 0 spiro atoms. The molecule has 0 amide bonds. The van der Waals surface area contributed by atoms with Gasteiger partial charge >= 0.3 is 0 Å². The average molecular weight is 619 g/mol. The van der Waals surface area contributed by atoms with E-state index in [9.17, 15) is 0 Å². The van der Waals surface area contributed by atoms with E-state index in [1.165, 1.54) is 11.1 Å². The Morgan fingerprint density at radius 1 is 0.250 bits per heavy atom. The maximum Gasteiger partial charge on any atom is 0.0462 e. The summed E-state index contributed by atoms with van der Waals surface area (Å²) in [6.45, 7) is 0. The van der Waals surface area contributed by atoms with Gasteiger partial charge in [0.15, 0.2) is 0 Å². The van der Waals surface area contributed by atoms with Gasteiger partial charge in [-0.2, -0.15) is 0 Å². The van der Waals surface area contributed by atoms with Gasteiger partial charge in [-0.15, -0.1) is 0 Å². The Bertz CT molecular complexity index is 2010. The fourth-order valence-electron chi connectivity index (χ4n) is 6.25. The molecule has 0 aliphatic carbocycles. The van der Waals surface area contributed by atoms with Crippen molar-refractivity contribution in [2.45, 2.75) is 0 Å². The molecule has 4 heteroatoms. The summed E-state index contributed by atoms with van der Waals surface area (Å²) in [5, 5.41) is 0. The average Bonchev–Trinajstić information content (AvgIpc) is 3.91. The zero-order chi connectivity index (χ0) is 32.1. The topological polar surface area (TPSA) is 38.1 Å². The second-order valence-electron chi connectivity index (χ2n) is 11.7. The van der Waals surface area contributed by atoms with Gasteiger partial charge in [-0.1, -0.05) is 84.9 Å². The first-order valence-corrected chi connectivity index (χ1v) is 16.2. The highest BCUT2D eigenvalue weighted by atomic mass is 15.1. The molecular weight excluding hydrogens is 585 g/mol. The summed E-state index contributed by atoms with van der Waals surface area (Å²) in [6, 6.07) is 64.4. The largest absolute Gasteiger partial charge is 0.361 e. The molecular formula is C44H34N4. The molecule has 0 aliphatic rings. The molecule has 0 saturated carbocycles. The third kappa shape index (κ3) is 5.91. The van der Waals surface area contributed by atoms with Gasteiger partial charge in [-0.25, -0.2) is 0 Å². The molecule has 2 aromatic heterocycles. The van der Waals surface area contributed by atoms with E-state index in [0.29, 0.717) is 0 Å². The summed E-state index contributed by atoms with van der Waals surface area (Å²) in [5.41, 5.74) is 13.5. The minimum absolute atomic E-state index is 1.10. The van der Waals surface area contributed by atoms with E-state index >= 15 is 0 Å². The highest BCUT2D eigenvalue weighted by molar-refractivity contribution is 5.82. The SMILES string of the molecule is c1ccc(N(c2ccc(-c3ccc(N(c4ccccc4)c4ccc(-c5ccc[nH]5)cc4)cc3)cc2)c2ccc(-c3ccc[nH]3)cc2)cc1. The van der Waals surface area contributed by atoms with Crippen LogP contribution in [0.2, 0.25) is 0 Å². The fourth-order valence-corrected chi connectivity index (χ4v) is 6.25. The molecule has 4 nitrogen and oxygen atoms in total. The number of para-hydroxylation sites is 2. The van der Waals surface area contributed by atoms with Crippen LogP contribution in [0.4, 0.5) is 34.1 Å². The molecule has 0 aliphatic heterocycles. The molecule has 0 fully saturated rings. The molecule has 0 unspecified atom stereocenters. The van der Waals surface area contributed by atoms with Crippen LogP contribution in [-0.2, 0) is 0 Å². The van der Waals surface area contributed by atoms with Crippen molar-refractivity contribution in [3.8, 4) is 33.6 Å². The van der Waals surface area contributed by atoms with Crippen LogP contribution >= 0.6 is 0 Å². The lowest BCUT2D eigenvalue weighted by Gasteiger charge is -2.26. The number of aromatic amines is 2. The third-order valence-corrected chi connectivity index (χ3v) is 8.68. The normalized spacial score (nSPS) is 10.9. The number of rotatable bonds is 9. The fraction of sp³-hybridized carbons (Fsp3) is 0.